The van der Waals surface area contributed by atoms with Crippen molar-refractivity contribution in [3.8, 4) is 11.5 Å². The van der Waals surface area contributed by atoms with Gasteiger partial charge in [0.05, 0.1) is 0 Å². The van der Waals surface area contributed by atoms with Gasteiger partial charge >= 0.3 is 0 Å². The Labute approximate surface area is 99.9 Å². The normalized spacial score (nSPS) is 10.1. The predicted molar refractivity (Wildman–Crippen MR) is 66.1 cm³/mol. The summed E-state index contributed by atoms with van der Waals surface area (Å²) in [5.74, 6) is 0.863. The third-order valence-corrected chi connectivity index (χ3v) is 2.55. The predicted octanol–water partition coefficient (Wildman–Crippen LogP) is 3.26. The van der Waals surface area contributed by atoms with Crippen LogP contribution >= 0.6 is 12.6 Å². The number of benzene rings is 2. The van der Waals surface area contributed by atoms with Gasteiger partial charge in [-0.2, -0.15) is 0 Å². The van der Waals surface area contributed by atoms with Crippen molar-refractivity contribution in [1.29, 1.82) is 0 Å². The molecule has 0 aliphatic rings. The van der Waals surface area contributed by atoms with E-state index in [9.17, 15) is 5.11 Å². The first-order valence-electron chi connectivity index (χ1n) is 4.94. The Morgan fingerprint density at radius 3 is 2.50 bits per heavy atom. The SMILES string of the molecule is Oc1ccc(OCc2ccccc2)cc1S. The third-order valence-electron chi connectivity index (χ3n) is 2.20. The van der Waals surface area contributed by atoms with E-state index in [0.29, 0.717) is 17.3 Å². The zero-order valence-corrected chi connectivity index (χ0v) is 9.52. The van der Waals surface area contributed by atoms with Crippen LogP contribution in [0.1, 0.15) is 5.56 Å². The lowest BCUT2D eigenvalue weighted by atomic mass is 10.2. The summed E-state index contributed by atoms with van der Waals surface area (Å²) in [7, 11) is 0. The van der Waals surface area contributed by atoms with Crippen LogP contribution in [0.5, 0.6) is 11.5 Å². The minimum atomic E-state index is 0.162. The van der Waals surface area contributed by atoms with E-state index in [-0.39, 0.29) is 5.75 Å². The molecule has 0 heterocycles. The second kappa shape index (κ2) is 4.94. The van der Waals surface area contributed by atoms with E-state index in [1.807, 2.05) is 30.3 Å². The Balaban J connectivity index is 2.03. The minimum Gasteiger partial charge on any atom is -0.507 e. The van der Waals surface area contributed by atoms with Crippen molar-refractivity contribution in [3.63, 3.8) is 0 Å². The van der Waals surface area contributed by atoms with Crippen LogP contribution in [-0.2, 0) is 6.61 Å². The molecule has 3 heteroatoms. The van der Waals surface area contributed by atoms with Crippen LogP contribution in [0.2, 0.25) is 0 Å². The zero-order chi connectivity index (χ0) is 11.4. The van der Waals surface area contributed by atoms with Crippen LogP contribution in [0.3, 0.4) is 0 Å². The molecule has 0 fully saturated rings. The van der Waals surface area contributed by atoms with Crippen LogP contribution in [-0.4, -0.2) is 5.11 Å². The molecule has 0 saturated carbocycles. The van der Waals surface area contributed by atoms with Gasteiger partial charge in [0.1, 0.15) is 18.1 Å². The monoisotopic (exact) mass is 232 g/mol. The van der Waals surface area contributed by atoms with E-state index < -0.39 is 0 Å². The van der Waals surface area contributed by atoms with Crippen LogP contribution < -0.4 is 4.74 Å². The average molecular weight is 232 g/mol. The fourth-order valence-corrected chi connectivity index (χ4v) is 1.54. The highest BCUT2D eigenvalue weighted by Gasteiger charge is 2.00. The summed E-state index contributed by atoms with van der Waals surface area (Å²) < 4.78 is 5.57. The Morgan fingerprint density at radius 2 is 1.81 bits per heavy atom. The lowest BCUT2D eigenvalue weighted by Crippen LogP contribution is -1.94. The first-order valence-corrected chi connectivity index (χ1v) is 5.39. The maximum atomic E-state index is 9.30. The number of hydrogen-bond donors (Lipinski definition) is 2. The van der Waals surface area contributed by atoms with Gasteiger partial charge in [-0.25, -0.2) is 0 Å². The van der Waals surface area contributed by atoms with Gasteiger partial charge < -0.3 is 9.84 Å². The molecule has 0 unspecified atom stereocenters. The van der Waals surface area contributed by atoms with Gasteiger partial charge in [-0.05, 0) is 23.8 Å². The third kappa shape index (κ3) is 2.70. The fourth-order valence-electron chi connectivity index (χ4n) is 1.33. The lowest BCUT2D eigenvalue weighted by Gasteiger charge is -2.07. The van der Waals surface area contributed by atoms with Gasteiger partial charge in [-0.15, -0.1) is 12.6 Å². The number of hydrogen-bond acceptors (Lipinski definition) is 3. The second-order valence-electron chi connectivity index (χ2n) is 3.42. The molecule has 0 bridgehead atoms. The van der Waals surface area contributed by atoms with Crippen molar-refractivity contribution >= 4 is 12.6 Å². The van der Waals surface area contributed by atoms with Crippen LogP contribution in [0, 0.1) is 0 Å². The van der Waals surface area contributed by atoms with E-state index in [0.717, 1.165) is 5.56 Å². The van der Waals surface area contributed by atoms with Gasteiger partial charge in [-0.1, -0.05) is 30.3 Å². The fraction of sp³-hybridized carbons (Fsp3) is 0.0769. The summed E-state index contributed by atoms with van der Waals surface area (Å²) >= 11 is 4.12. The molecule has 0 radical (unpaired) electrons. The second-order valence-corrected chi connectivity index (χ2v) is 3.91. The first kappa shape index (κ1) is 10.9. The van der Waals surface area contributed by atoms with E-state index >= 15 is 0 Å². The molecular weight excluding hydrogens is 220 g/mol. The Kier molecular flexibility index (Phi) is 3.37. The number of phenolic OH excluding ortho intramolecular Hbond substituents is 1. The molecule has 0 aliphatic carbocycles. The largest absolute Gasteiger partial charge is 0.507 e. The number of aromatic hydroxyl groups is 1. The molecule has 2 aromatic rings. The van der Waals surface area contributed by atoms with Crippen LogP contribution in [0.4, 0.5) is 0 Å². The molecule has 2 aromatic carbocycles. The average Bonchev–Trinajstić information content (AvgIpc) is 2.32. The molecule has 0 atom stereocenters. The summed E-state index contributed by atoms with van der Waals surface area (Å²) in [6.45, 7) is 0.513. The summed E-state index contributed by atoms with van der Waals surface area (Å²) in [6.07, 6.45) is 0. The molecule has 16 heavy (non-hydrogen) atoms. The topological polar surface area (TPSA) is 29.5 Å². The maximum Gasteiger partial charge on any atom is 0.129 e. The highest BCUT2D eigenvalue weighted by molar-refractivity contribution is 7.80. The van der Waals surface area contributed by atoms with Gasteiger partial charge in [-0.3, -0.25) is 0 Å². The molecule has 0 spiro atoms. The van der Waals surface area contributed by atoms with Crippen molar-refractivity contribution in [2.45, 2.75) is 11.5 Å². The molecule has 0 saturated heterocycles. The van der Waals surface area contributed by atoms with E-state index in [1.165, 1.54) is 0 Å². The van der Waals surface area contributed by atoms with Crippen LogP contribution in [0.15, 0.2) is 53.4 Å². The number of thiol groups is 1. The van der Waals surface area contributed by atoms with Gasteiger partial charge in [0.2, 0.25) is 0 Å². The standard InChI is InChI=1S/C13H12O2S/c14-12-7-6-11(8-13(12)16)15-9-10-4-2-1-3-5-10/h1-8,14,16H,9H2. The van der Waals surface area contributed by atoms with E-state index in [4.69, 9.17) is 4.74 Å². The quantitative estimate of drug-likeness (QED) is 0.795. The molecular formula is C13H12O2S. The molecule has 0 aromatic heterocycles. The molecule has 0 amide bonds. The summed E-state index contributed by atoms with van der Waals surface area (Å²) in [5, 5.41) is 9.30. The van der Waals surface area contributed by atoms with E-state index in [1.54, 1.807) is 18.2 Å². The van der Waals surface area contributed by atoms with Gasteiger partial charge in [0.25, 0.3) is 0 Å². The van der Waals surface area contributed by atoms with Crippen molar-refractivity contribution < 1.29 is 9.84 Å². The van der Waals surface area contributed by atoms with Crippen molar-refractivity contribution in [1.82, 2.24) is 0 Å². The van der Waals surface area contributed by atoms with Crippen molar-refractivity contribution in [3.05, 3.63) is 54.1 Å². The Morgan fingerprint density at radius 1 is 1.06 bits per heavy atom. The number of phenols is 1. The molecule has 0 aliphatic heterocycles. The highest BCUT2D eigenvalue weighted by atomic mass is 32.1. The summed E-state index contributed by atoms with van der Waals surface area (Å²) in [4.78, 5) is 0.519. The number of rotatable bonds is 3. The van der Waals surface area contributed by atoms with E-state index in [2.05, 4.69) is 12.6 Å². The maximum absolute atomic E-state index is 9.30. The highest BCUT2D eigenvalue weighted by Crippen LogP contribution is 2.26. The molecule has 1 N–H and O–H groups in total. The van der Waals surface area contributed by atoms with Crippen molar-refractivity contribution in [2.75, 3.05) is 0 Å². The minimum absolute atomic E-state index is 0.162. The van der Waals surface area contributed by atoms with Crippen molar-refractivity contribution in [2.24, 2.45) is 0 Å². The Hall–Kier alpha value is -1.61. The lowest BCUT2D eigenvalue weighted by molar-refractivity contribution is 0.304. The number of ether oxygens (including phenoxy) is 1. The molecule has 2 rings (SSSR count). The van der Waals surface area contributed by atoms with Gasteiger partial charge in [0.15, 0.2) is 0 Å². The summed E-state index contributed by atoms with van der Waals surface area (Å²) in [5.41, 5.74) is 1.11. The zero-order valence-electron chi connectivity index (χ0n) is 8.63. The van der Waals surface area contributed by atoms with Crippen LogP contribution in [0.25, 0.3) is 0 Å². The smallest absolute Gasteiger partial charge is 0.129 e. The molecule has 82 valence electrons. The first-order chi connectivity index (χ1) is 7.75. The molecule has 2 nitrogen and oxygen atoms in total. The Bertz CT molecular complexity index is 469. The summed E-state index contributed by atoms with van der Waals surface area (Å²) in [6, 6.07) is 14.9. The van der Waals surface area contributed by atoms with Gasteiger partial charge in [0, 0.05) is 4.90 Å².